The lowest BCUT2D eigenvalue weighted by Gasteiger charge is -2.22. The topological polar surface area (TPSA) is 40.6 Å². The molecule has 0 aliphatic rings. The van der Waals surface area contributed by atoms with Gasteiger partial charge in [-0.1, -0.05) is 27.7 Å². The van der Waals surface area contributed by atoms with Crippen LogP contribution in [0.1, 0.15) is 40.5 Å². The molecule has 0 radical (unpaired) electrons. The Hall–Kier alpha value is -1.06. The van der Waals surface area contributed by atoms with Crippen molar-refractivity contribution in [3.05, 3.63) is 0 Å². The molecule has 2 amide bonds. The number of carbonyl (C=O) groups excluding carboxylic acids is 2. The Kier molecular flexibility index (Phi) is 7.64. The van der Waals surface area contributed by atoms with E-state index in [9.17, 15) is 9.59 Å². The van der Waals surface area contributed by atoms with E-state index in [0.29, 0.717) is 18.4 Å². The predicted molar refractivity (Wildman–Crippen MR) is 74.2 cm³/mol. The zero-order valence-electron chi connectivity index (χ0n) is 12.7. The van der Waals surface area contributed by atoms with Crippen molar-refractivity contribution >= 4 is 11.8 Å². The van der Waals surface area contributed by atoms with Crippen molar-refractivity contribution in [2.24, 2.45) is 11.8 Å². The summed E-state index contributed by atoms with van der Waals surface area (Å²) in [6.07, 6.45) is 0.954. The maximum Gasteiger partial charge on any atom is 0.231 e. The molecule has 0 bridgehead atoms. The zero-order valence-corrected chi connectivity index (χ0v) is 12.7. The summed E-state index contributed by atoms with van der Waals surface area (Å²) in [5.74, 6) is 0.814. The molecule has 0 saturated heterocycles. The lowest BCUT2D eigenvalue weighted by molar-refractivity contribution is -0.139. The fraction of sp³-hybridized carbons (Fsp3) is 0.857. The average molecular weight is 256 g/mol. The Morgan fingerprint density at radius 2 is 1.39 bits per heavy atom. The molecule has 4 heteroatoms. The van der Waals surface area contributed by atoms with Crippen LogP contribution in [0.15, 0.2) is 0 Å². The maximum absolute atomic E-state index is 11.8. The van der Waals surface area contributed by atoms with Crippen LogP contribution in [-0.2, 0) is 9.59 Å². The molecule has 0 heterocycles. The summed E-state index contributed by atoms with van der Waals surface area (Å²) in [4.78, 5) is 26.9. The molecule has 106 valence electrons. The second-order valence-electron chi connectivity index (χ2n) is 5.84. The van der Waals surface area contributed by atoms with E-state index in [-0.39, 0.29) is 18.2 Å². The fourth-order valence-electron chi connectivity index (χ4n) is 1.63. The Morgan fingerprint density at radius 1 is 0.889 bits per heavy atom. The van der Waals surface area contributed by atoms with Gasteiger partial charge in [0.15, 0.2) is 0 Å². The normalized spacial score (nSPS) is 10.9. The van der Waals surface area contributed by atoms with Gasteiger partial charge in [-0.2, -0.15) is 0 Å². The molecular weight excluding hydrogens is 228 g/mol. The molecule has 0 aromatic heterocycles. The number of carbonyl (C=O) groups is 2. The van der Waals surface area contributed by atoms with Gasteiger partial charge in [-0.15, -0.1) is 0 Å². The maximum atomic E-state index is 11.8. The molecule has 0 N–H and O–H groups in total. The first-order valence-corrected chi connectivity index (χ1v) is 6.72. The second kappa shape index (κ2) is 8.11. The largest absolute Gasteiger partial charge is 0.345 e. The van der Waals surface area contributed by atoms with Gasteiger partial charge in [0, 0.05) is 27.2 Å². The predicted octanol–water partition coefficient (Wildman–Crippen LogP) is 2.00. The molecule has 0 spiro atoms. The molecule has 0 aliphatic heterocycles. The van der Waals surface area contributed by atoms with Gasteiger partial charge in [0.2, 0.25) is 11.8 Å². The minimum absolute atomic E-state index is 0.0161. The van der Waals surface area contributed by atoms with Crippen molar-refractivity contribution in [3.8, 4) is 0 Å². The summed E-state index contributed by atoms with van der Waals surface area (Å²) < 4.78 is 0. The molecule has 0 unspecified atom stereocenters. The Bertz CT molecular complexity index is 275. The number of nitrogens with zero attached hydrogens (tertiary/aromatic N) is 2. The highest BCUT2D eigenvalue weighted by atomic mass is 16.2. The van der Waals surface area contributed by atoms with Crippen LogP contribution in [0.5, 0.6) is 0 Å². The molecule has 0 fully saturated rings. The monoisotopic (exact) mass is 256 g/mol. The van der Waals surface area contributed by atoms with Crippen LogP contribution < -0.4 is 0 Å². The van der Waals surface area contributed by atoms with Gasteiger partial charge in [0.1, 0.15) is 6.42 Å². The third-order valence-corrected chi connectivity index (χ3v) is 2.83. The van der Waals surface area contributed by atoms with Crippen LogP contribution >= 0.6 is 0 Å². The summed E-state index contributed by atoms with van der Waals surface area (Å²) in [5, 5.41) is 0. The smallest absolute Gasteiger partial charge is 0.231 e. The summed E-state index contributed by atoms with van der Waals surface area (Å²) in [5.41, 5.74) is 0. The van der Waals surface area contributed by atoms with Crippen molar-refractivity contribution in [2.75, 3.05) is 27.2 Å². The summed E-state index contributed by atoms with van der Waals surface area (Å²) in [6.45, 7) is 9.78. The van der Waals surface area contributed by atoms with Crippen LogP contribution in [0, 0.1) is 11.8 Å². The average Bonchev–Trinajstić information content (AvgIpc) is 2.24. The van der Waals surface area contributed by atoms with E-state index in [2.05, 4.69) is 27.7 Å². The van der Waals surface area contributed by atoms with Crippen LogP contribution in [0.25, 0.3) is 0 Å². The van der Waals surface area contributed by atoms with Gasteiger partial charge in [-0.05, 0) is 18.3 Å². The zero-order chi connectivity index (χ0) is 14.3. The molecule has 0 rings (SSSR count). The van der Waals surface area contributed by atoms with Crippen LogP contribution in [0.4, 0.5) is 0 Å². The second-order valence-corrected chi connectivity index (χ2v) is 5.84. The molecule has 18 heavy (non-hydrogen) atoms. The fourth-order valence-corrected chi connectivity index (χ4v) is 1.63. The molecule has 0 aliphatic carbocycles. The minimum atomic E-state index is -0.0925. The highest BCUT2D eigenvalue weighted by molar-refractivity contribution is 5.96. The van der Waals surface area contributed by atoms with Crippen molar-refractivity contribution < 1.29 is 9.59 Å². The SMILES string of the molecule is CC(C)CCN(C)C(=O)CC(=O)N(C)CC(C)C. The number of hydrogen-bond acceptors (Lipinski definition) is 2. The van der Waals surface area contributed by atoms with Crippen molar-refractivity contribution in [3.63, 3.8) is 0 Å². The van der Waals surface area contributed by atoms with Crippen molar-refractivity contribution in [1.82, 2.24) is 9.80 Å². The molecule has 4 nitrogen and oxygen atoms in total. The number of amides is 2. The summed E-state index contributed by atoms with van der Waals surface area (Å²) in [7, 11) is 3.52. The Morgan fingerprint density at radius 3 is 1.83 bits per heavy atom. The quantitative estimate of drug-likeness (QED) is 0.654. The van der Waals surface area contributed by atoms with Gasteiger partial charge in [0.25, 0.3) is 0 Å². The Labute approximate surface area is 111 Å². The lowest BCUT2D eigenvalue weighted by Crippen LogP contribution is -2.36. The molecule has 0 aromatic carbocycles. The third kappa shape index (κ3) is 7.30. The first kappa shape index (κ1) is 16.9. The minimum Gasteiger partial charge on any atom is -0.345 e. The molecule has 0 saturated carbocycles. The highest BCUT2D eigenvalue weighted by Gasteiger charge is 2.17. The number of rotatable bonds is 7. The van der Waals surface area contributed by atoms with Crippen molar-refractivity contribution in [1.29, 1.82) is 0 Å². The van der Waals surface area contributed by atoms with Gasteiger partial charge in [-0.25, -0.2) is 0 Å². The lowest BCUT2D eigenvalue weighted by atomic mass is 10.1. The molecule has 0 aromatic rings. The first-order chi connectivity index (χ1) is 8.23. The van der Waals surface area contributed by atoms with E-state index in [0.717, 1.165) is 13.0 Å². The van der Waals surface area contributed by atoms with Crippen LogP contribution in [-0.4, -0.2) is 48.8 Å². The summed E-state index contributed by atoms with van der Waals surface area (Å²) >= 11 is 0. The Balaban J connectivity index is 4.10. The number of hydrogen-bond donors (Lipinski definition) is 0. The molecular formula is C14H28N2O2. The first-order valence-electron chi connectivity index (χ1n) is 6.72. The van der Waals surface area contributed by atoms with E-state index in [4.69, 9.17) is 0 Å². The van der Waals surface area contributed by atoms with E-state index >= 15 is 0 Å². The van der Waals surface area contributed by atoms with Gasteiger partial charge in [-0.3, -0.25) is 9.59 Å². The van der Waals surface area contributed by atoms with Crippen molar-refractivity contribution in [2.45, 2.75) is 40.5 Å². The van der Waals surface area contributed by atoms with Gasteiger partial charge < -0.3 is 9.80 Å². The van der Waals surface area contributed by atoms with E-state index < -0.39 is 0 Å². The third-order valence-electron chi connectivity index (χ3n) is 2.83. The van der Waals surface area contributed by atoms with E-state index in [1.807, 2.05) is 0 Å². The van der Waals surface area contributed by atoms with Crippen LogP contribution in [0.3, 0.4) is 0 Å². The summed E-state index contributed by atoms with van der Waals surface area (Å²) in [6, 6.07) is 0. The van der Waals surface area contributed by atoms with Crippen LogP contribution in [0.2, 0.25) is 0 Å². The molecule has 0 atom stereocenters. The standard InChI is InChI=1S/C14H28N2O2/c1-11(2)7-8-15(5)13(17)9-14(18)16(6)10-12(3)4/h11-12H,7-10H2,1-6H3. The van der Waals surface area contributed by atoms with Gasteiger partial charge in [0.05, 0.1) is 0 Å². The van der Waals surface area contributed by atoms with E-state index in [1.165, 1.54) is 0 Å². The van der Waals surface area contributed by atoms with E-state index in [1.54, 1.807) is 23.9 Å². The highest BCUT2D eigenvalue weighted by Crippen LogP contribution is 2.04. The van der Waals surface area contributed by atoms with Gasteiger partial charge >= 0.3 is 0 Å².